The summed E-state index contributed by atoms with van der Waals surface area (Å²) in [5, 5.41) is 20.7. The van der Waals surface area contributed by atoms with Crippen LogP contribution in [0.3, 0.4) is 0 Å². The molecule has 7 N–H and O–H groups in total. The number of sulfone groups is 1. The van der Waals surface area contributed by atoms with Crippen LogP contribution in [0.15, 0.2) is 130 Å². The molecule has 7 rings (SSSR count). The number of primary amides is 1. The van der Waals surface area contributed by atoms with Crippen LogP contribution in [-0.4, -0.2) is 55.5 Å². The molecule has 2 aromatic heterocycles. The number of benzene rings is 5. The maximum Gasteiger partial charge on any atom is 0.255 e. The molecule has 7 aromatic rings. The number of unbranched alkanes of at least 4 members (excludes halogenated alkanes) is 1. The zero-order valence-corrected chi connectivity index (χ0v) is 34.2. The fourth-order valence-electron chi connectivity index (χ4n) is 6.88. The van der Waals surface area contributed by atoms with Crippen molar-refractivity contribution in [2.45, 2.75) is 36.0 Å². The van der Waals surface area contributed by atoms with Crippen molar-refractivity contribution in [1.82, 2.24) is 15.3 Å². The summed E-state index contributed by atoms with van der Waals surface area (Å²) in [6.07, 6.45) is 3.62. The SMILES string of the molecule is COc1cccc(Nc2c(C(N)=O)cnc3c(C)cc(S(=O)(=O)c4cccc(C(=O)Nc5ccc(C#CCCCNCCc6ccc(O)c7[nH]c(=O)ccc67)cc5)c4)cc23)c1. The number of hydrogen-bond donors (Lipinski definition) is 6. The van der Waals surface area contributed by atoms with Gasteiger partial charge in [0, 0.05) is 58.0 Å². The molecule has 13 nitrogen and oxygen atoms in total. The molecular weight excluding hydrogens is 793 g/mol. The van der Waals surface area contributed by atoms with Crippen LogP contribution in [-0.2, 0) is 16.3 Å². The van der Waals surface area contributed by atoms with E-state index in [4.69, 9.17) is 10.5 Å². The van der Waals surface area contributed by atoms with E-state index in [0.717, 1.165) is 42.4 Å². The summed E-state index contributed by atoms with van der Waals surface area (Å²) in [6.45, 7) is 3.23. The fraction of sp³-hybridized carbons (Fsp3) is 0.149. The van der Waals surface area contributed by atoms with Gasteiger partial charge in [-0.05, 0) is 123 Å². The van der Waals surface area contributed by atoms with E-state index in [-0.39, 0.29) is 32.2 Å². The van der Waals surface area contributed by atoms with Gasteiger partial charge in [-0.25, -0.2) is 8.42 Å². The molecule has 0 aliphatic rings. The lowest BCUT2D eigenvalue weighted by molar-refractivity contribution is 0.0998. The standard InChI is InChI=1S/C47H42N6O7S/c1-29-24-37(27-39-43(29)50-28-40(46(48)56)44(39)51-34-10-7-11-35(26-34)60-2)61(58,59)36-12-6-9-32(25-36)47(57)52-33-16-13-30(14-17-33)8-4-3-5-22-49-23-21-31-15-19-41(54)45-38(31)18-20-42(55)53-45/h6-7,9-20,24-28,49,54H,3,5,21-23H2,1-2H3,(H2,48,56)(H,50,51)(H,52,57)(H,53,55). The summed E-state index contributed by atoms with van der Waals surface area (Å²) in [7, 11) is -2.64. The number of aromatic amines is 1. The molecule has 61 heavy (non-hydrogen) atoms. The highest BCUT2D eigenvalue weighted by atomic mass is 32.2. The van der Waals surface area contributed by atoms with E-state index in [9.17, 15) is 27.9 Å². The number of aromatic nitrogens is 2. The number of pyridine rings is 2. The Balaban J connectivity index is 0.974. The van der Waals surface area contributed by atoms with Crippen LogP contribution >= 0.6 is 0 Å². The van der Waals surface area contributed by atoms with Gasteiger partial charge in [-0.1, -0.05) is 30.0 Å². The van der Waals surface area contributed by atoms with Gasteiger partial charge >= 0.3 is 0 Å². The second-order valence-electron chi connectivity index (χ2n) is 14.2. The van der Waals surface area contributed by atoms with Crippen LogP contribution in [0.4, 0.5) is 17.1 Å². The van der Waals surface area contributed by atoms with Gasteiger partial charge in [-0.15, -0.1) is 0 Å². The van der Waals surface area contributed by atoms with Gasteiger partial charge in [0.15, 0.2) is 0 Å². The summed E-state index contributed by atoms with van der Waals surface area (Å²) in [5.41, 5.74) is 10.3. The number of phenols is 1. The van der Waals surface area contributed by atoms with E-state index in [1.54, 1.807) is 67.6 Å². The molecular formula is C47H42N6O7S. The number of carbonyl (C=O) groups is 2. The summed E-state index contributed by atoms with van der Waals surface area (Å²) in [6, 6.07) is 29.5. The van der Waals surface area contributed by atoms with Crippen molar-refractivity contribution in [3.63, 3.8) is 0 Å². The van der Waals surface area contributed by atoms with Crippen molar-refractivity contribution >= 4 is 60.5 Å². The molecule has 0 fully saturated rings. The monoisotopic (exact) mass is 834 g/mol. The number of methoxy groups -OCH3 is 1. The molecule has 2 heterocycles. The third kappa shape index (κ3) is 9.55. The molecule has 0 bridgehead atoms. The number of aromatic hydroxyl groups is 1. The van der Waals surface area contributed by atoms with E-state index in [2.05, 4.69) is 37.8 Å². The molecule has 0 aliphatic heterocycles. The molecule has 5 aromatic carbocycles. The van der Waals surface area contributed by atoms with Crippen molar-refractivity contribution in [2.24, 2.45) is 5.73 Å². The molecule has 0 saturated carbocycles. The Morgan fingerprint density at radius 2 is 1.69 bits per heavy atom. The summed E-state index contributed by atoms with van der Waals surface area (Å²) in [4.78, 5) is 44.5. The van der Waals surface area contributed by atoms with Crippen LogP contribution in [0.1, 0.15) is 50.2 Å². The van der Waals surface area contributed by atoms with Crippen molar-refractivity contribution < 1.29 is 27.9 Å². The number of rotatable bonds is 14. The Bertz CT molecular complexity index is 3050. The predicted molar refractivity (Wildman–Crippen MR) is 236 cm³/mol. The Morgan fingerprint density at radius 3 is 2.48 bits per heavy atom. The van der Waals surface area contributed by atoms with E-state index >= 15 is 0 Å². The first-order valence-electron chi connectivity index (χ1n) is 19.4. The maximum absolute atomic E-state index is 14.1. The average molecular weight is 835 g/mol. The first kappa shape index (κ1) is 41.7. The van der Waals surface area contributed by atoms with Gasteiger partial charge in [0.2, 0.25) is 15.4 Å². The number of H-pyrrole nitrogens is 1. The lowest BCUT2D eigenvalue weighted by Crippen LogP contribution is -2.18. The van der Waals surface area contributed by atoms with Gasteiger partial charge in [0.25, 0.3) is 11.8 Å². The smallest absolute Gasteiger partial charge is 0.255 e. The van der Waals surface area contributed by atoms with Crippen LogP contribution < -0.4 is 32.0 Å². The number of ether oxygens (including phenoxy) is 1. The number of nitrogens with one attached hydrogen (secondary N) is 4. The predicted octanol–water partition coefficient (Wildman–Crippen LogP) is 6.99. The molecule has 0 spiro atoms. The average Bonchev–Trinajstić information content (AvgIpc) is 3.26. The third-order valence-electron chi connectivity index (χ3n) is 10.0. The summed E-state index contributed by atoms with van der Waals surface area (Å²) >= 11 is 0. The Hall–Kier alpha value is -7.47. The highest BCUT2D eigenvalue weighted by Gasteiger charge is 2.23. The first-order valence-corrected chi connectivity index (χ1v) is 20.8. The minimum absolute atomic E-state index is 0.0472. The van der Waals surface area contributed by atoms with Gasteiger partial charge in [0.05, 0.1) is 39.2 Å². The van der Waals surface area contributed by atoms with Crippen LogP contribution in [0.2, 0.25) is 0 Å². The van der Waals surface area contributed by atoms with Gasteiger partial charge in [-0.2, -0.15) is 0 Å². The molecule has 308 valence electrons. The topological polar surface area (TPSA) is 206 Å². The molecule has 0 atom stereocenters. The quantitative estimate of drug-likeness (QED) is 0.0489. The molecule has 0 unspecified atom stereocenters. The van der Waals surface area contributed by atoms with Crippen molar-refractivity contribution in [3.05, 3.63) is 154 Å². The highest BCUT2D eigenvalue weighted by Crippen LogP contribution is 2.35. The number of phenolic OH excluding ortho intramolecular Hbond substituents is 1. The Labute approximate surface area is 351 Å². The van der Waals surface area contributed by atoms with E-state index in [1.165, 1.54) is 55.8 Å². The zero-order chi connectivity index (χ0) is 43.1. The summed E-state index contributed by atoms with van der Waals surface area (Å²) < 4.78 is 33.6. The van der Waals surface area contributed by atoms with Crippen molar-refractivity contribution in [3.8, 4) is 23.3 Å². The number of anilines is 3. The number of fused-ring (bicyclic) bond motifs is 2. The number of carbonyl (C=O) groups excluding carboxylic acids is 2. The van der Waals surface area contributed by atoms with Crippen LogP contribution in [0.5, 0.6) is 11.5 Å². The number of amides is 2. The van der Waals surface area contributed by atoms with Crippen LogP contribution in [0, 0.1) is 18.8 Å². The highest BCUT2D eigenvalue weighted by molar-refractivity contribution is 7.91. The van der Waals surface area contributed by atoms with Crippen LogP contribution in [0.25, 0.3) is 21.8 Å². The second kappa shape index (κ2) is 18.2. The first-order chi connectivity index (χ1) is 29.4. The molecule has 0 aliphatic carbocycles. The maximum atomic E-state index is 14.1. The molecule has 14 heteroatoms. The minimum Gasteiger partial charge on any atom is -0.506 e. The summed E-state index contributed by atoms with van der Waals surface area (Å²) in [5.74, 6) is 5.70. The van der Waals surface area contributed by atoms with Crippen molar-refractivity contribution in [1.29, 1.82) is 0 Å². The lowest BCUT2D eigenvalue weighted by atomic mass is 10.0. The third-order valence-corrected chi connectivity index (χ3v) is 11.8. The molecule has 0 saturated heterocycles. The second-order valence-corrected chi connectivity index (χ2v) is 16.2. The number of nitrogens with two attached hydrogens (primary N) is 1. The van der Waals surface area contributed by atoms with E-state index < -0.39 is 21.7 Å². The zero-order valence-electron chi connectivity index (χ0n) is 33.3. The van der Waals surface area contributed by atoms with Gasteiger partial charge in [-0.3, -0.25) is 19.4 Å². The minimum atomic E-state index is -4.17. The number of aryl methyl sites for hydroxylation is 1. The normalized spacial score (nSPS) is 11.2. The Morgan fingerprint density at radius 1 is 0.885 bits per heavy atom. The van der Waals surface area contributed by atoms with Gasteiger partial charge < -0.3 is 36.5 Å². The van der Waals surface area contributed by atoms with E-state index in [1.807, 2.05) is 6.07 Å². The molecule has 2 amide bonds. The fourth-order valence-corrected chi connectivity index (χ4v) is 8.30. The number of nitrogens with zero attached hydrogens (tertiary/aromatic N) is 1. The van der Waals surface area contributed by atoms with Crippen molar-refractivity contribution in [2.75, 3.05) is 30.8 Å². The molecule has 0 radical (unpaired) electrons. The Kier molecular flexibility index (Phi) is 12.4. The van der Waals surface area contributed by atoms with E-state index in [0.29, 0.717) is 51.2 Å². The van der Waals surface area contributed by atoms with Gasteiger partial charge in [0.1, 0.15) is 11.5 Å². The largest absolute Gasteiger partial charge is 0.506 e. The lowest BCUT2D eigenvalue weighted by Gasteiger charge is -2.16. The number of hydrogen-bond acceptors (Lipinski definition) is 10.